The molecule has 2 aliphatic rings. The monoisotopic (exact) mass is 865 g/mol. The Labute approximate surface area is 363 Å². The average Bonchev–Trinajstić information content (AvgIpc) is 3.38. The molecule has 1 saturated carbocycles. The molecule has 0 aromatic heterocycles. The molecule has 0 radical (unpaired) electrons. The van der Waals surface area contributed by atoms with Crippen LogP contribution in [0.1, 0.15) is 99.0 Å². The third-order valence-electron chi connectivity index (χ3n) is 8.05. The standard InChI is InChI=1S/C30H46NO7P.2CH4.Cs.2H2O.3H2S/c1-4-28(33)37-30(22(2)3)38-39(36,18-12-11-15-23-13-7-5-8-14-23)21-27(32)31-20-25(19-26(31)29(34)35)24-16-9-6-10-17-24;;;;;;;;/h5,7-8,13-14,22,24-26,30H,4,6,9-12,15-21H2,1-3H3,(H,34,35);2*1H4;;5*1H2/q;;;+1;;;;;/p-1/t25-,26+,30+,39-;;;;;;;;/m1......../s1. The van der Waals surface area contributed by atoms with E-state index in [9.17, 15) is 24.1 Å². The van der Waals surface area contributed by atoms with E-state index in [-0.39, 0.29) is 160 Å². The molecule has 0 spiro atoms. The Kier molecular flexibility index (Phi) is 38.9. The summed E-state index contributed by atoms with van der Waals surface area (Å²) in [5, 5.41) is 12.0. The third-order valence-corrected chi connectivity index (χ3v) is 10.4. The molecular weight excluding hydrogens is 802 g/mol. The van der Waals surface area contributed by atoms with Crippen molar-refractivity contribution in [1.29, 1.82) is 0 Å². The van der Waals surface area contributed by atoms with Gasteiger partial charge in [-0.1, -0.05) is 98.1 Å². The first-order valence-corrected chi connectivity index (χ1v) is 16.6. The van der Waals surface area contributed by atoms with Crippen LogP contribution in [0.25, 0.3) is 0 Å². The molecule has 1 amide bonds. The summed E-state index contributed by atoms with van der Waals surface area (Å²) in [6, 6.07) is 8.96. The van der Waals surface area contributed by atoms with Gasteiger partial charge in [0.15, 0.2) is 0 Å². The van der Waals surface area contributed by atoms with Crippen molar-refractivity contribution < 1.29 is 113 Å². The number of carboxylic acids is 1. The van der Waals surface area contributed by atoms with E-state index in [1.807, 2.05) is 30.3 Å². The average molecular weight is 866 g/mol. The predicted octanol–water partition coefficient (Wildman–Crippen LogP) is 1.75. The van der Waals surface area contributed by atoms with Crippen LogP contribution >= 0.6 is 47.9 Å². The Morgan fingerprint density at radius 3 is 2.04 bits per heavy atom. The number of likely N-dealkylation sites (tertiary alicyclic amines) is 1. The van der Waals surface area contributed by atoms with Crippen LogP contribution in [0.2, 0.25) is 0 Å². The molecule has 1 aliphatic carbocycles. The first kappa shape index (κ1) is 60.0. The number of aliphatic carboxylic acids is 1. The summed E-state index contributed by atoms with van der Waals surface area (Å²) in [7, 11) is -3.62. The van der Waals surface area contributed by atoms with E-state index >= 15 is 0 Å². The fourth-order valence-electron chi connectivity index (χ4n) is 5.79. The molecule has 1 aromatic rings. The topological polar surface area (TPSA) is 176 Å². The number of carbonyl (C=O) groups is 3. The van der Waals surface area contributed by atoms with Crippen molar-refractivity contribution in [2.24, 2.45) is 17.8 Å². The van der Waals surface area contributed by atoms with Crippen LogP contribution in [0.5, 0.6) is 0 Å². The number of nitrogens with zero attached hydrogens (tertiary/aromatic N) is 1. The molecule has 0 bridgehead atoms. The van der Waals surface area contributed by atoms with Gasteiger partial charge in [-0.2, -0.15) is 40.5 Å². The van der Waals surface area contributed by atoms with E-state index in [4.69, 9.17) is 9.26 Å². The second-order valence-corrected chi connectivity index (χ2v) is 14.1. The van der Waals surface area contributed by atoms with Crippen molar-refractivity contribution in [3.05, 3.63) is 35.9 Å². The summed E-state index contributed by atoms with van der Waals surface area (Å²) in [4.78, 5) is 39.0. The SMILES string of the molecule is C.C.CCC(=O)O[C@@H](O[P@](=O)(CCCCc1ccccc1)CC(=O)N1C[C@H](C2CCCCC2)C[C@H]1C(=O)[O-])C(C)C.O.O.S.S.S.[Cs+]. The largest absolute Gasteiger partial charge is 1.00 e. The van der Waals surface area contributed by atoms with Gasteiger partial charge in [0.1, 0.15) is 6.16 Å². The van der Waals surface area contributed by atoms with Crippen molar-refractivity contribution in [2.75, 3.05) is 18.9 Å². The first-order valence-electron chi connectivity index (χ1n) is 14.6. The zero-order chi connectivity index (χ0) is 28.4. The molecule has 4 atom stereocenters. The van der Waals surface area contributed by atoms with E-state index in [1.54, 1.807) is 20.8 Å². The van der Waals surface area contributed by atoms with E-state index in [0.29, 0.717) is 25.3 Å². The van der Waals surface area contributed by atoms with Gasteiger partial charge in [-0.05, 0) is 43.1 Å². The van der Waals surface area contributed by atoms with Crippen molar-refractivity contribution in [3.63, 3.8) is 0 Å². The van der Waals surface area contributed by atoms with E-state index in [2.05, 4.69) is 0 Å². The number of ether oxygens (including phenoxy) is 1. The number of unbranched alkanes of at least 4 members (excludes halogenated alkanes) is 1. The second-order valence-electron chi connectivity index (χ2n) is 11.5. The number of hydrogen-bond donors (Lipinski definition) is 0. The minimum atomic E-state index is -3.62. The normalized spacial score (nSPS) is 18.6. The van der Waals surface area contributed by atoms with E-state index < -0.39 is 43.7 Å². The zero-order valence-electron chi connectivity index (χ0n) is 27.2. The molecule has 15 heteroatoms. The molecule has 47 heavy (non-hydrogen) atoms. The molecule has 1 heterocycles. The number of carbonyl (C=O) groups excluding carboxylic acids is 3. The maximum atomic E-state index is 14.2. The van der Waals surface area contributed by atoms with Crippen molar-refractivity contribution >= 4 is 65.7 Å². The quantitative estimate of drug-likeness (QED) is 0.119. The van der Waals surface area contributed by atoms with Gasteiger partial charge in [-0.25, -0.2) is 0 Å². The van der Waals surface area contributed by atoms with Gasteiger partial charge in [0.25, 0.3) is 0 Å². The summed E-state index contributed by atoms with van der Waals surface area (Å²) in [6.45, 7) is 5.62. The Balaban J connectivity index is -0.000000525. The zero-order valence-corrected chi connectivity index (χ0v) is 37.4. The summed E-state index contributed by atoms with van der Waals surface area (Å²) < 4.78 is 25.6. The van der Waals surface area contributed by atoms with Crippen LogP contribution in [-0.2, 0) is 34.6 Å². The number of hydrogen-bond acceptors (Lipinski definition) is 7. The van der Waals surface area contributed by atoms with Gasteiger partial charge < -0.3 is 30.5 Å². The number of amides is 1. The molecule has 1 aliphatic heterocycles. The van der Waals surface area contributed by atoms with E-state index in [1.165, 1.54) is 16.9 Å². The second kappa shape index (κ2) is 30.5. The third kappa shape index (κ3) is 19.9. The fourth-order valence-corrected chi connectivity index (χ4v) is 8.09. The maximum absolute atomic E-state index is 14.2. The van der Waals surface area contributed by atoms with Crippen LogP contribution in [0.4, 0.5) is 0 Å². The summed E-state index contributed by atoms with van der Waals surface area (Å²) in [5.74, 6) is -1.99. The predicted molar refractivity (Wildman–Crippen MR) is 200 cm³/mol. The summed E-state index contributed by atoms with van der Waals surface area (Å²) in [5.41, 5.74) is 1.17. The van der Waals surface area contributed by atoms with Crippen molar-refractivity contribution in [3.8, 4) is 0 Å². The number of aryl methyl sites for hydroxylation is 1. The molecule has 2 fully saturated rings. The van der Waals surface area contributed by atoms with Gasteiger partial charge in [0.2, 0.25) is 19.6 Å². The number of rotatable bonds is 14. The van der Waals surface area contributed by atoms with Gasteiger partial charge in [-0.3, -0.25) is 18.7 Å². The number of benzene rings is 1. The minimum absolute atomic E-state index is 0. The van der Waals surface area contributed by atoms with Crippen molar-refractivity contribution in [2.45, 2.75) is 112 Å². The molecule has 0 unspecified atom stereocenters. The molecule has 10 nitrogen and oxygen atoms in total. The van der Waals surface area contributed by atoms with Gasteiger partial charge in [0, 0.05) is 25.0 Å². The Bertz CT molecular complexity index is 1020. The fraction of sp³-hybridized carbons (Fsp3) is 0.719. The van der Waals surface area contributed by atoms with Gasteiger partial charge in [0.05, 0.1) is 12.0 Å². The molecule has 1 aromatic carbocycles. The molecule has 3 rings (SSSR count). The first-order chi connectivity index (χ1) is 18.6. The van der Waals surface area contributed by atoms with Crippen LogP contribution in [0, 0.1) is 17.8 Å². The van der Waals surface area contributed by atoms with Gasteiger partial charge in [-0.15, -0.1) is 0 Å². The Morgan fingerprint density at radius 1 is 0.957 bits per heavy atom. The molecule has 274 valence electrons. The Morgan fingerprint density at radius 2 is 1.53 bits per heavy atom. The van der Waals surface area contributed by atoms with Crippen molar-refractivity contribution in [1.82, 2.24) is 4.90 Å². The number of esters is 1. The minimum Gasteiger partial charge on any atom is -0.548 e. The Hall–Kier alpha value is 0.842. The molecule has 1 saturated heterocycles. The van der Waals surface area contributed by atoms with Gasteiger partial charge >= 0.3 is 74.9 Å². The molecular formula is C32H63CsNO9PS3. The van der Waals surface area contributed by atoms with Crippen LogP contribution in [0.15, 0.2) is 30.3 Å². The summed E-state index contributed by atoms with van der Waals surface area (Å²) in [6.07, 6.45) is 6.88. The van der Waals surface area contributed by atoms with E-state index in [0.717, 1.165) is 38.5 Å². The van der Waals surface area contributed by atoms with Crippen LogP contribution < -0.4 is 74.0 Å². The summed E-state index contributed by atoms with van der Waals surface area (Å²) >= 11 is 0. The number of carboxylic acid groups (broad SMARTS) is 1. The maximum Gasteiger partial charge on any atom is 1.00 e. The van der Waals surface area contributed by atoms with Crippen LogP contribution in [0.3, 0.4) is 0 Å². The molecule has 4 N–H and O–H groups in total. The van der Waals surface area contributed by atoms with Crippen LogP contribution in [-0.4, -0.2) is 64.9 Å². The smallest absolute Gasteiger partial charge is 0.548 e.